The van der Waals surface area contributed by atoms with Gasteiger partial charge in [-0.25, -0.2) is 23.2 Å². The van der Waals surface area contributed by atoms with Crippen LogP contribution in [0.2, 0.25) is 0 Å². The first kappa shape index (κ1) is 27.6. The SMILES string of the molecule is O=c1[nH]cnc2c1ncn2[C@@H]1O[C@H](COP(=O)(O)OP(=O)([O-])OP(=O)([O-])O)[C@@H](O)[C@H]1O.[Mg+2]. The van der Waals surface area contributed by atoms with Crippen LogP contribution in [-0.2, 0) is 31.6 Å². The molecule has 1 aliphatic heterocycles. The van der Waals surface area contributed by atoms with Crippen molar-refractivity contribution in [1.82, 2.24) is 19.5 Å². The number of aromatic nitrogens is 4. The second-order valence-electron chi connectivity index (χ2n) is 5.95. The minimum absolute atomic E-state index is 0. The molecule has 3 heterocycles. The predicted octanol–water partition coefficient (Wildman–Crippen LogP) is -3.56. The standard InChI is InChI=1S/C10H15N4O14P3.Mg/c15-6-4(1-25-30(21,22)28-31(23,24)27-29(18,19)20)26-10(7(6)16)14-3-13-5-8(14)11-2-12-9(5)17;/h2-4,6-7,10,15-16H,1H2,(H,21,22)(H,23,24)(H,11,12,17)(H2,18,19,20);/q;+2/p-2/t4-,6-,7-,10-;/m1./s1. The third kappa shape index (κ3) is 6.50. The fourth-order valence-corrected chi connectivity index (χ4v) is 5.54. The molecule has 18 nitrogen and oxygen atoms in total. The zero-order chi connectivity index (χ0) is 23.2. The Labute approximate surface area is 192 Å². The number of imidazole rings is 1. The Balaban J connectivity index is 0.00000363. The molecule has 0 saturated carbocycles. The maximum absolute atomic E-state index is 11.7. The molecule has 0 bridgehead atoms. The van der Waals surface area contributed by atoms with Gasteiger partial charge in [0.15, 0.2) is 17.4 Å². The summed E-state index contributed by atoms with van der Waals surface area (Å²) in [7, 11) is -17.4. The monoisotopic (exact) mass is 530 g/mol. The molecule has 2 aromatic rings. The van der Waals surface area contributed by atoms with Crippen LogP contribution in [0.15, 0.2) is 17.4 Å². The Morgan fingerprint density at radius 2 is 1.81 bits per heavy atom. The van der Waals surface area contributed by atoms with Crippen molar-refractivity contribution in [2.75, 3.05) is 6.61 Å². The maximum atomic E-state index is 11.7. The summed E-state index contributed by atoms with van der Waals surface area (Å²) in [6, 6.07) is 0. The third-order valence-electron chi connectivity index (χ3n) is 3.78. The largest absolute Gasteiger partial charge is 2.00 e. The molecule has 0 aromatic carbocycles. The van der Waals surface area contributed by atoms with Gasteiger partial charge in [-0.1, -0.05) is 0 Å². The van der Waals surface area contributed by atoms with E-state index in [0.717, 1.165) is 17.2 Å². The Morgan fingerprint density at radius 1 is 1.16 bits per heavy atom. The van der Waals surface area contributed by atoms with Crippen molar-refractivity contribution in [3.8, 4) is 0 Å². The van der Waals surface area contributed by atoms with E-state index in [1.165, 1.54) is 0 Å². The zero-order valence-corrected chi connectivity index (χ0v) is 19.5. The normalized spacial score (nSPS) is 29.1. The summed E-state index contributed by atoms with van der Waals surface area (Å²) >= 11 is 0. The van der Waals surface area contributed by atoms with Crippen LogP contribution in [0, 0.1) is 0 Å². The number of nitrogens with one attached hydrogen (secondary N) is 1. The summed E-state index contributed by atoms with van der Waals surface area (Å²) in [5, 5.41) is 20.3. The quantitative estimate of drug-likeness (QED) is 0.163. The van der Waals surface area contributed by atoms with Crippen LogP contribution >= 0.6 is 23.5 Å². The van der Waals surface area contributed by atoms with E-state index in [4.69, 9.17) is 9.63 Å². The van der Waals surface area contributed by atoms with Gasteiger partial charge in [-0.05, 0) is 0 Å². The molecule has 0 spiro atoms. The molecule has 1 aliphatic rings. The van der Waals surface area contributed by atoms with E-state index in [2.05, 4.69) is 28.1 Å². The Morgan fingerprint density at radius 3 is 2.44 bits per heavy atom. The van der Waals surface area contributed by atoms with Gasteiger partial charge < -0.3 is 39.5 Å². The maximum Gasteiger partial charge on any atom is 2.00 e. The average molecular weight is 530 g/mol. The van der Waals surface area contributed by atoms with Gasteiger partial charge in [-0.3, -0.25) is 23.0 Å². The molecule has 3 rings (SSSR count). The molecule has 1 saturated heterocycles. The molecule has 0 radical (unpaired) electrons. The third-order valence-corrected chi connectivity index (χ3v) is 7.51. The summed E-state index contributed by atoms with van der Waals surface area (Å²) in [6.07, 6.45) is -4.18. The van der Waals surface area contributed by atoms with Crippen LogP contribution in [-0.4, -0.2) is 87.5 Å². The van der Waals surface area contributed by atoms with Gasteiger partial charge in [-0.2, -0.15) is 0 Å². The van der Waals surface area contributed by atoms with E-state index in [9.17, 15) is 43.4 Å². The van der Waals surface area contributed by atoms with Crippen molar-refractivity contribution in [1.29, 1.82) is 0 Å². The zero-order valence-electron chi connectivity index (χ0n) is 15.4. The Bertz CT molecular complexity index is 1170. The van der Waals surface area contributed by atoms with E-state index in [-0.39, 0.29) is 34.2 Å². The summed E-state index contributed by atoms with van der Waals surface area (Å²) < 4.78 is 50.8. The molecule has 32 heavy (non-hydrogen) atoms. The number of hydrogen-bond donors (Lipinski definition) is 5. The van der Waals surface area contributed by atoms with Crippen LogP contribution in [0.25, 0.3) is 11.2 Å². The first-order valence-electron chi connectivity index (χ1n) is 7.86. The number of aromatic amines is 1. The predicted molar refractivity (Wildman–Crippen MR) is 95.2 cm³/mol. The van der Waals surface area contributed by atoms with E-state index >= 15 is 0 Å². The first-order valence-corrected chi connectivity index (χ1v) is 12.3. The van der Waals surface area contributed by atoms with Gasteiger partial charge in [0.1, 0.15) is 18.3 Å². The summed E-state index contributed by atoms with van der Waals surface area (Å²) in [5.41, 5.74) is -0.718. The number of phosphoric ester groups is 1. The number of fused-ring (bicyclic) bond motifs is 1. The number of ether oxygens (including phenoxy) is 1. The van der Waals surface area contributed by atoms with Crippen LogP contribution in [0.4, 0.5) is 0 Å². The van der Waals surface area contributed by atoms with Gasteiger partial charge in [0.2, 0.25) is 0 Å². The van der Waals surface area contributed by atoms with Crippen molar-refractivity contribution in [2.45, 2.75) is 24.5 Å². The number of aliphatic hydroxyl groups is 2. The fraction of sp³-hybridized carbons (Fsp3) is 0.500. The van der Waals surface area contributed by atoms with E-state index in [0.29, 0.717) is 0 Å². The van der Waals surface area contributed by atoms with Crippen molar-refractivity contribution >= 4 is 57.7 Å². The molecule has 7 atom stereocenters. The number of hydrogen-bond acceptors (Lipinski definition) is 14. The van der Waals surface area contributed by atoms with E-state index < -0.39 is 60.2 Å². The second kappa shape index (κ2) is 9.95. The van der Waals surface area contributed by atoms with Crippen molar-refractivity contribution in [2.24, 2.45) is 0 Å². The van der Waals surface area contributed by atoms with E-state index in [1.807, 2.05) is 0 Å². The summed E-state index contributed by atoms with van der Waals surface area (Å²) in [4.78, 5) is 61.0. The smallest absolute Gasteiger partial charge is 0.756 e. The molecule has 2 aromatic heterocycles. The van der Waals surface area contributed by atoms with Crippen LogP contribution in [0.3, 0.4) is 0 Å². The molecule has 1 fully saturated rings. The topological polar surface area (TPSA) is 279 Å². The van der Waals surface area contributed by atoms with Gasteiger partial charge in [0.05, 0.1) is 19.3 Å². The molecule has 5 N–H and O–H groups in total. The second-order valence-corrected chi connectivity index (χ2v) is 10.3. The fourth-order valence-electron chi connectivity index (χ4n) is 2.60. The van der Waals surface area contributed by atoms with Gasteiger partial charge in [0, 0.05) is 0 Å². The van der Waals surface area contributed by atoms with Crippen molar-refractivity contribution in [3.63, 3.8) is 0 Å². The minimum atomic E-state index is -6.03. The number of nitrogens with zero attached hydrogens (tertiary/aromatic N) is 3. The molecule has 0 aliphatic carbocycles. The molecule has 3 unspecified atom stereocenters. The summed E-state index contributed by atoms with van der Waals surface area (Å²) in [6.45, 7) is -1.03. The summed E-state index contributed by atoms with van der Waals surface area (Å²) in [5.74, 6) is 0. The van der Waals surface area contributed by atoms with Crippen LogP contribution < -0.4 is 15.3 Å². The van der Waals surface area contributed by atoms with Gasteiger partial charge in [-0.15, -0.1) is 0 Å². The van der Waals surface area contributed by atoms with Crippen LogP contribution in [0.5, 0.6) is 0 Å². The Hall–Kier alpha value is -0.594. The molecular weight excluding hydrogens is 517 g/mol. The number of rotatable bonds is 8. The molecule has 0 amide bonds. The van der Waals surface area contributed by atoms with E-state index in [1.54, 1.807) is 0 Å². The Kier molecular flexibility index (Phi) is 8.60. The van der Waals surface area contributed by atoms with Crippen molar-refractivity contribution in [3.05, 3.63) is 23.0 Å². The average Bonchev–Trinajstić information content (AvgIpc) is 3.13. The van der Waals surface area contributed by atoms with Gasteiger partial charge >= 0.3 is 30.9 Å². The minimum Gasteiger partial charge on any atom is -0.756 e. The molecule has 22 heteroatoms. The molecule has 174 valence electrons. The van der Waals surface area contributed by atoms with Crippen LogP contribution in [0.1, 0.15) is 6.23 Å². The van der Waals surface area contributed by atoms with Crippen molar-refractivity contribution < 1.29 is 61.4 Å². The van der Waals surface area contributed by atoms with Gasteiger partial charge in [0.25, 0.3) is 21.2 Å². The number of phosphoric acid groups is 3. The molecular formula is C10H13MgN4O14P3. The number of H-pyrrole nitrogens is 1. The first-order chi connectivity index (χ1) is 14.2. The number of aliphatic hydroxyl groups excluding tert-OH is 2.